The third-order valence-corrected chi connectivity index (χ3v) is 3.54. The van der Waals surface area contributed by atoms with Crippen molar-refractivity contribution in [1.82, 2.24) is 5.16 Å². The van der Waals surface area contributed by atoms with Gasteiger partial charge in [0.1, 0.15) is 0 Å². The Kier molecular flexibility index (Phi) is 2.33. The molecule has 19 heavy (non-hydrogen) atoms. The van der Waals surface area contributed by atoms with E-state index in [2.05, 4.69) is 22.2 Å². The van der Waals surface area contributed by atoms with Gasteiger partial charge in [-0.3, -0.25) is 0 Å². The molecule has 1 aliphatic carbocycles. The lowest BCUT2D eigenvalue weighted by Gasteiger charge is -2.24. The van der Waals surface area contributed by atoms with E-state index in [4.69, 9.17) is 9.26 Å². The minimum atomic E-state index is 0.0856. The Morgan fingerprint density at radius 3 is 2.63 bits per heavy atom. The van der Waals surface area contributed by atoms with Gasteiger partial charge in [-0.2, -0.15) is 0 Å². The second-order valence-corrected chi connectivity index (χ2v) is 4.96. The minimum absolute atomic E-state index is 0.0856. The molecule has 4 nitrogen and oxygen atoms in total. The third-order valence-electron chi connectivity index (χ3n) is 3.54. The first-order chi connectivity index (χ1) is 9.42. The van der Waals surface area contributed by atoms with Crippen molar-refractivity contribution in [3.63, 3.8) is 0 Å². The number of nitrogens with zero attached hydrogens (tertiary/aromatic N) is 2. The summed E-state index contributed by atoms with van der Waals surface area (Å²) in [6.45, 7) is 0. The molecule has 1 saturated carbocycles. The van der Waals surface area contributed by atoms with E-state index in [-0.39, 0.29) is 6.23 Å². The molecule has 4 heteroatoms. The highest BCUT2D eigenvalue weighted by molar-refractivity contribution is 5.65. The Morgan fingerprint density at radius 2 is 1.95 bits per heavy atom. The summed E-state index contributed by atoms with van der Waals surface area (Å²) in [6.07, 6.45) is 6.19. The SMILES string of the molecule is C1=C(c2ccno2)OC(C2CC2)N1c1ccccc1. The predicted octanol–water partition coefficient (Wildman–Crippen LogP) is 3.25. The average molecular weight is 254 g/mol. The largest absolute Gasteiger partial charge is 0.464 e. The molecule has 2 aliphatic rings. The summed E-state index contributed by atoms with van der Waals surface area (Å²) in [5, 5.41) is 3.74. The van der Waals surface area contributed by atoms with E-state index >= 15 is 0 Å². The molecule has 0 amide bonds. The topological polar surface area (TPSA) is 38.5 Å². The van der Waals surface area contributed by atoms with Crippen LogP contribution in [0.25, 0.3) is 5.76 Å². The fraction of sp³-hybridized carbons (Fsp3) is 0.267. The smallest absolute Gasteiger partial charge is 0.203 e. The van der Waals surface area contributed by atoms with Crippen LogP contribution in [-0.4, -0.2) is 11.4 Å². The van der Waals surface area contributed by atoms with Crippen LogP contribution < -0.4 is 4.90 Å². The highest BCUT2D eigenvalue weighted by atomic mass is 16.5. The van der Waals surface area contributed by atoms with Crippen molar-refractivity contribution in [2.45, 2.75) is 19.1 Å². The number of aromatic nitrogens is 1. The number of hydrogen-bond acceptors (Lipinski definition) is 4. The Labute approximate surface area is 111 Å². The van der Waals surface area contributed by atoms with Gasteiger partial charge in [-0.1, -0.05) is 23.4 Å². The van der Waals surface area contributed by atoms with Crippen molar-refractivity contribution in [3.05, 3.63) is 54.6 Å². The fourth-order valence-corrected chi connectivity index (χ4v) is 2.41. The summed E-state index contributed by atoms with van der Waals surface area (Å²) < 4.78 is 11.2. The number of hydrogen-bond donors (Lipinski definition) is 0. The molecular formula is C15H14N2O2. The van der Waals surface area contributed by atoms with Crippen LogP contribution in [0.3, 0.4) is 0 Å². The highest BCUT2D eigenvalue weighted by Crippen LogP contribution is 2.43. The van der Waals surface area contributed by atoms with Gasteiger partial charge in [0.25, 0.3) is 0 Å². The van der Waals surface area contributed by atoms with Crippen molar-refractivity contribution in [2.75, 3.05) is 4.90 Å². The van der Waals surface area contributed by atoms with Crippen molar-refractivity contribution < 1.29 is 9.26 Å². The van der Waals surface area contributed by atoms with Crippen LogP contribution in [0.2, 0.25) is 0 Å². The van der Waals surface area contributed by atoms with Crippen molar-refractivity contribution in [1.29, 1.82) is 0 Å². The molecule has 2 heterocycles. The molecule has 0 saturated heterocycles. The van der Waals surface area contributed by atoms with Crippen molar-refractivity contribution in [3.8, 4) is 0 Å². The maximum atomic E-state index is 6.05. The molecule has 0 N–H and O–H groups in total. The summed E-state index contributed by atoms with van der Waals surface area (Å²) in [5.41, 5.74) is 1.15. The highest BCUT2D eigenvalue weighted by Gasteiger charge is 2.41. The molecule has 1 atom stereocenters. The van der Waals surface area contributed by atoms with Crippen LogP contribution >= 0.6 is 0 Å². The number of ether oxygens (including phenoxy) is 1. The van der Waals surface area contributed by atoms with Gasteiger partial charge in [0, 0.05) is 17.7 Å². The lowest BCUT2D eigenvalue weighted by molar-refractivity contribution is 0.163. The van der Waals surface area contributed by atoms with Gasteiger partial charge in [0.05, 0.1) is 12.4 Å². The van der Waals surface area contributed by atoms with E-state index in [1.165, 1.54) is 12.8 Å². The fourth-order valence-electron chi connectivity index (χ4n) is 2.41. The first-order valence-corrected chi connectivity index (χ1v) is 6.55. The minimum Gasteiger partial charge on any atom is -0.464 e. The van der Waals surface area contributed by atoms with E-state index in [0.717, 1.165) is 11.4 Å². The zero-order chi connectivity index (χ0) is 12.7. The normalized spacial score (nSPS) is 22.2. The second-order valence-electron chi connectivity index (χ2n) is 4.96. The maximum absolute atomic E-state index is 6.05. The van der Waals surface area contributed by atoms with Gasteiger partial charge < -0.3 is 14.2 Å². The quantitative estimate of drug-likeness (QED) is 0.842. The standard InChI is InChI=1S/C15H14N2O2/c1-2-4-12(5-3-1)17-10-14(13-8-9-16-19-13)18-15(17)11-6-7-11/h1-5,8-11,15H,6-7H2. The molecular weight excluding hydrogens is 240 g/mol. The van der Waals surface area contributed by atoms with Gasteiger partial charge in [-0.25, -0.2) is 0 Å². The molecule has 1 aliphatic heterocycles. The van der Waals surface area contributed by atoms with Crippen LogP contribution in [0, 0.1) is 5.92 Å². The van der Waals surface area contributed by atoms with E-state index in [0.29, 0.717) is 11.7 Å². The van der Waals surface area contributed by atoms with Crippen molar-refractivity contribution in [2.24, 2.45) is 5.92 Å². The molecule has 1 aromatic carbocycles. The summed E-state index contributed by atoms with van der Waals surface area (Å²) >= 11 is 0. The van der Waals surface area contributed by atoms with Crippen LogP contribution in [0.1, 0.15) is 18.6 Å². The summed E-state index contributed by atoms with van der Waals surface area (Å²) in [5.74, 6) is 2.05. The molecule has 0 radical (unpaired) electrons. The van der Waals surface area contributed by atoms with Gasteiger partial charge in [-0.15, -0.1) is 0 Å². The Hall–Kier alpha value is -2.23. The third kappa shape index (κ3) is 1.89. The monoisotopic (exact) mass is 254 g/mol. The molecule has 1 aromatic heterocycles. The summed E-state index contributed by atoms with van der Waals surface area (Å²) in [4.78, 5) is 2.19. The maximum Gasteiger partial charge on any atom is 0.203 e. The molecule has 1 unspecified atom stereocenters. The van der Waals surface area contributed by atoms with E-state index in [1.54, 1.807) is 6.20 Å². The molecule has 4 rings (SSSR count). The number of benzene rings is 1. The van der Waals surface area contributed by atoms with E-state index in [1.807, 2.05) is 30.5 Å². The molecule has 0 bridgehead atoms. The van der Waals surface area contributed by atoms with Gasteiger partial charge in [-0.05, 0) is 25.0 Å². The van der Waals surface area contributed by atoms with Crippen LogP contribution in [0.15, 0.2) is 53.3 Å². The zero-order valence-electron chi connectivity index (χ0n) is 10.4. The van der Waals surface area contributed by atoms with Gasteiger partial charge in [0.2, 0.25) is 5.76 Å². The first kappa shape index (κ1) is 10.7. The van der Waals surface area contributed by atoms with Gasteiger partial charge >= 0.3 is 0 Å². The second kappa shape index (κ2) is 4.16. The van der Waals surface area contributed by atoms with Crippen LogP contribution in [-0.2, 0) is 4.74 Å². The Bertz CT molecular complexity index is 588. The average Bonchev–Trinajstić information content (AvgIpc) is 3.00. The lowest BCUT2D eigenvalue weighted by atomic mass is 10.2. The number of anilines is 1. The Morgan fingerprint density at radius 1 is 1.11 bits per heavy atom. The summed E-state index contributed by atoms with van der Waals surface area (Å²) in [6, 6.07) is 12.1. The predicted molar refractivity (Wildman–Crippen MR) is 71.0 cm³/mol. The van der Waals surface area contributed by atoms with Crippen molar-refractivity contribution >= 4 is 11.4 Å². The lowest BCUT2D eigenvalue weighted by Crippen LogP contribution is -2.29. The molecule has 2 aromatic rings. The van der Waals surface area contributed by atoms with Crippen LogP contribution in [0.4, 0.5) is 5.69 Å². The number of para-hydroxylation sites is 1. The van der Waals surface area contributed by atoms with E-state index in [9.17, 15) is 0 Å². The van der Waals surface area contributed by atoms with E-state index < -0.39 is 0 Å². The molecule has 96 valence electrons. The zero-order valence-corrected chi connectivity index (χ0v) is 10.4. The summed E-state index contributed by atoms with van der Waals surface area (Å²) in [7, 11) is 0. The molecule has 0 spiro atoms. The Balaban J connectivity index is 1.69. The first-order valence-electron chi connectivity index (χ1n) is 6.55. The van der Waals surface area contributed by atoms with Crippen LogP contribution in [0.5, 0.6) is 0 Å². The van der Waals surface area contributed by atoms with Gasteiger partial charge in [0.15, 0.2) is 12.0 Å². The number of rotatable bonds is 3. The molecule has 1 fully saturated rings.